The lowest BCUT2D eigenvalue weighted by Gasteiger charge is -2.40. The smallest absolute Gasteiger partial charge is 0.0579 e. The molecule has 0 unspecified atom stereocenters. The number of nitrogens with one attached hydrogen (secondary N) is 1. The van der Waals surface area contributed by atoms with Crippen molar-refractivity contribution < 1.29 is 0 Å². The van der Waals surface area contributed by atoms with Gasteiger partial charge in [-0.2, -0.15) is 0 Å². The van der Waals surface area contributed by atoms with Crippen molar-refractivity contribution >= 4 is 0 Å². The fourth-order valence-corrected chi connectivity index (χ4v) is 4.18. The van der Waals surface area contributed by atoms with Crippen molar-refractivity contribution in [3.63, 3.8) is 0 Å². The van der Waals surface area contributed by atoms with E-state index in [4.69, 9.17) is 0 Å². The second-order valence-corrected chi connectivity index (χ2v) is 6.30. The highest BCUT2D eigenvalue weighted by Gasteiger charge is 2.41. The number of hydrogen-bond donors (Lipinski definition) is 1. The minimum absolute atomic E-state index is 0.360. The van der Waals surface area contributed by atoms with E-state index in [1.165, 1.54) is 36.8 Å². The molecule has 1 aliphatic heterocycles. The Morgan fingerprint density at radius 2 is 1.55 bits per heavy atom. The molecule has 1 spiro atoms. The summed E-state index contributed by atoms with van der Waals surface area (Å²) < 4.78 is 0. The molecule has 1 saturated carbocycles. The monoisotopic (exact) mass is 263 g/mol. The van der Waals surface area contributed by atoms with Gasteiger partial charge < -0.3 is 5.32 Å². The van der Waals surface area contributed by atoms with Crippen LogP contribution >= 0.6 is 0 Å². The molecule has 0 aromatic heterocycles. The minimum atomic E-state index is 0.360. The molecule has 1 heteroatoms. The maximum absolute atomic E-state index is 3.82. The van der Waals surface area contributed by atoms with Gasteiger partial charge in [-0.1, -0.05) is 67.4 Å². The first-order chi connectivity index (χ1) is 9.89. The van der Waals surface area contributed by atoms with Gasteiger partial charge in [0.1, 0.15) is 0 Å². The first kappa shape index (κ1) is 12.2. The molecule has 0 saturated heterocycles. The van der Waals surface area contributed by atoms with E-state index in [0.29, 0.717) is 11.5 Å². The normalized spacial score (nSPS) is 23.7. The summed E-state index contributed by atoms with van der Waals surface area (Å²) in [5.41, 5.74) is 4.88. The molecule has 1 aliphatic carbocycles. The predicted octanol–water partition coefficient (Wildman–Crippen LogP) is 4.19. The molecule has 1 heterocycles. The van der Waals surface area contributed by atoms with Crippen LogP contribution in [0.2, 0.25) is 0 Å². The lowest BCUT2D eigenvalue weighted by molar-refractivity contribution is 0.357. The summed E-state index contributed by atoms with van der Waals surface area (Å²) in [6, 6.07) is 20.3. The van der Waals surface area contributed by atoms with E-state index in [2.05, 4.69) is 59.9 Å². The molecule has 0 amide bonds. The van der Waals surface area contributed by atoms with Gasteiger partial charge in [-0.25, -0.2) is 0 Å². The molecular weight excluding hydrogens is 242 g/mol. The van der Waals surface area contributed by atoms with E-state index in [1.807, 2.05) is 0 Å². The second kappa shape index (κ2) is 4.75. The Hall–Kier alpha value is -1.60. The zero-order chi connectivity index (χ0) is 13.4. The Kier molecular flexibility index (Phi) is 2.89. The molecule has 1 N–H and O–H groups in total. The van der Waals surface area contributed by atoms with Crippen molar-refractivity contribution in [2.75, 3.05) is 6.54 Å². The van der Waals surface area contributed by atoms with Crippen molar-refractivity contribution in [2.45, 2.75) is 37.1 Å². The molecule has 20 heavy (non-hydrogen) atoms. The summed E-state index contributed by atoms with van der Waals surface area (Å²) in [6.45, 7) is 1.13. The van der Waals surface area contributed by atoms with Crippen molar-refractivity contribution in [3.8, 4) is 0 Å². The van der Waals surface area contributed by atoms with Crippen LogP contribution in [0.1, 0.15) is 48.4 Å². The zero-order valence-electron chi connectivity index (χ0n) is 11.8. The molecule has 2 aliphatic rings. The van der Waals surface area contributed by atoms with Crippen molar-refractivity contribution in [3.05, 3.63) is 71.3 Å². The van der Waals surface area contributed by atoms with Crippen LogP contribution in [0.25, 0.3) is 0 Å². The Morgan fingerprint density at radius 1 is 0.850 bits per heavy atom. The van der Waals surface area contributed by atoms with Gasteiger partial charge in [-0.05, 0) is 29.5 Å². The molecule has 2 aromatic rings. The first-order valence-corrected chi connectivity index (χ1v) is 7.77. The fourth-order valence-electron chi connectivity index (χ4n) is 4.18. The number of hydrogen-bond acceptors (Lipinski definition) is 1. The molecule has 0 bridgehead atoms. The maximum Gasteiger partial charge on any atom is 0.0579 e. The van der Waals surface area contributed by atoms with Gasteiger partial charge in [0.2, 0.25) is 0 Å². The van der Waals surface area contributed by atoms with Gasteiger partial charge in [-0.3, -0.25) is 0 Å². The predicted molar refractivity (Wildman–Crippen MR) is 82.9 cm³/mol. The Labute approximate surface area is 121 Å². The highest BCUT2D eigenvalue weighted by molar-refractivity contribution is 5.44. The summed E-state index contributed by atoms with van der Waals surface area (Å²) in [7, 11) is 0. The summed E-state index contributed by atoms with van der Waals surface area (Å²) in [4.78, 5) is 0. The van der Waals surface area contributed by atoms with Crippen LogP contribution in [0.3, 0.4) is 0 Å². The molecule has 102 valence electrons. The lowest BCUT2D eigenvalue weighted by atomic mass is 9.72. The number of rotatable bonds is 1. The maximum atomic E-state index is 3.82. The Balaban J connectivity index is 1.82. The highest BCUT2D eigenvalue weighted by atomic mass is 14.9. The standard InChI is InChI=1S/C19H21N/c1-2-8-15(9-3-1)18-16-10-4-5-11-17(16)19(14-20-18)12-6-7-13-19/h1-5,8-11,18,20H,6-7,12-14H2/t18-/m0/s1. The second-order valence-electron chi connectivity index (χ2n) is 6.30. The van der Waals surface area contributed by atoms with Gasteiger partial charge in [0.15, 0.2) is 0 Å². The molecule has 0 radical (unpaired) electrons. The largest absolute Gasteiger partial charge is 0.305 e. The molecule has 2 aromatic carbocycles. The molecule has 1 nitrogen and oxygen atoms in total. The summed E-state index contributed by atoms with van der Waals surface area (Å²) >= 11 is 0. The van der Waals surface area contributed by atoms with Crippen LogP contribution in [0.15, 0.2) is 54.6 Å². The van der Waals surface area contributed by atoms with Gasteiger partial charge >= 0.3 is 0 Å². The third-order valence-corrected chi connectivity index (χ3v) is 5.18. The van der Waals surface area contributed by atoms with Crippen LogP contribution in [0.5, 0.6) is 0 Å². The van der Waals surface area contributed by atoms with Crippen molar-refractivity contribution in [1.29, 1.82) is 0 Å². The number of fused-ring (bicyclic) bond motifs is 2. The van der Waals surface area contributed by atoms with Crippen LogP contribution < -0.4 is 5.32 Å². The van der Waals surface area contributed by atoms with Crippen LogP contribution in [-0.2, 0) is 5.41 Å². The van der Waals surface area contributed by atoms with Gasteiger partial charge in [0.05, 0.1) is 6.04 Å². The Bertz CT molecular complexity index is 596. The summed E-state index contributed by atoms with van der Waals surface area (Å²) in [6.07, 6.45) is 5.45. The molecule has 1 atom stereocenters. The molecular formula is C19H21N. The SMILES string of the molecule is c1ccc([C@@H]2NCC3(CCCC3)c3ccccc32)cc1. The average molecular weight is 263 g/mol. The third kappa shape index (κ3) is 1.81. The van der Waals surface area contributed by atoms with Crippen LogP contribution in [-0.4, -0.2) is 6.54 Å². The van der Waals surface area contributed by atoms with E-state index in [-0.39, 0.29) is 0 Å². The van der Waals surface area contributed by atoms with Crippen LogP contribution in [0.4, 0.5) is 0 Å². The average Bonchev–Trinajstić information content (AvgIpc) is 2.98. The van der Waals surface area contributed by atoms with Crippen LogP contribution in [0, 0.1) is 0 Å². The number of benzene rings is 2. The zero-order valence-corrected chi connectivity index (χ0v) is 11.8. The van der Waals surface area contributed by atoms with E-state index in [9.17, 15) is 0 Å². The minimum Gasteiger partial charge on any atom is -0.305 e. The fraction of sp³-hybridized carbons (Fsp3) is 0.368. The Morgan fingerprint density at radius 3 is 2.35 bits per heavy atom. The van der Waals surface area contributed by atoms with Crippen molar-refractivity contribution in [2.24, 2.45) is 0 Å². The third-order valence-electron chi connectivity index (χ3n) is 5.18. The van der Waals surface area contributed by atoms with E-state index in [1.54, 1.807) is 5.56 Å². The highest BCUT2D eigenvalue weighted by Crippen LogP contribution is 2.46. The molecule has 1 fully saturated rings. The van der Waals surface area contributed by atoms with E-state index in [0.717, 1.165) is 6.54 Å². The van der Waals surface area contributed by atoms with E-state index >= 15 is 0 Å². The summed E-state index contributed by atoms with van der Waals surface area (Å²) in [5.74, 6) is 0. The van der Waals surface area contributed by atoms with Gasteiger partial charge in [-0.15, -0.1) is 0 Å². The van der Waals surface area contributed by atoms with Gasteiger partial charge in [0.25, 0.3) is 0 Å². The first-order valence-electron chi connectivity index (χ1n) is 7.77. The van der Waals surface area contributed by atoms with E-state index < -0.39 is 0 Å². The topological polar surface area (TPSA) is 12.0 Å². The summed E-state index contributed by atoms with van der Waals surface area (Å²) in [5, 5.41) is 3.82. The lowest BCUT2D eigenvalue weighted by Crippen LogP contribution is -2.44. The molecule has 4 rings (SSSR count). The quantitative estimate of drug-likeness (QED) is 0.813. The van der Waals surface area contributed by atoms with Crippen molar-refractivity contribution in [1.82, 2.24) is 5.32 Å². The van der Waals surface area contributed by atoms with Gasteiger partial charge in [0, 0.05) is 12.0 Å².